The van der Waals surface area contributed by atoms with Crippen molar-refractivity contribution in [3.8, 4) is 0 Å². The fourth-order valence-electron chi connectivity index (χ4n) is 0.798. The van der Waals surface area contributed by atoms with Crippen molar-refractivity contribution < 1.29 is 4.79 Å². The van der Waals surface area contributed by atoms with Gasteiger partial charge in [0.15, 0.2) is 0 Å². The van der Waals surface area contributed by atoms with Crippen molar-refractivity contribution in [3.63, 3.8) is 0 Å². The first kappa shape index (κ1) is 5.89. The zero-order valence-electron chi connectivity index (χ0n) is 4.72. The zero-order valence-corrected chi connectivity index (χ0v) is 5.48. The summed E-state index contributed by atoms with van der Waals surface area (Å²) in [6.07, 6.45) is 1.52. The Morgan fingerprint density at radius 3 is 2.62 bits per heavy atom. The van der Waals surface area contributed by atoms with Gasteiger partial charge in [0.1, 0.15) is 0 Å². The molecule has 1 rings (SSSR count). The van der Waals surface area contributed by atoms with Crippen molar-refractivity contribution in [2.24, 2.45) is 0 Å². The number of rotatable bonds is 0. The lowest BCUT2D eigenvalue weighted by Crippen LogP contribution is -2.19. The molecule has 1 heterocycles. The molecule has 1 atom stereocenters. The maximum atomic E-state index is 10.6. The van der Waals surface area contributed by atoms with Gasteiger partial charge in [-0.3, -0.25) is 9.21 Å². The third-order valence-corrected chi connectivity index (χ3v) is 1.92. The molecule has 0 saturated carbocycles. The number of halogens is 1. The number of nitrogens with zero attached hydrogens (tertiary/aromatic N) is 1. The summed E-state index contributed by atoms with van der Waals surface area (Å²) in [6, 6.07) is 0.240. The van der Waals surface area contributed by atoms with Crippen LogP contribution in [0.1, 0.15) is 19.8 Å². The molecule has 0 spiro atoms. The van der Waals surface area contributed by atoms with E-state index in [1.54, 1.807) is 0 Å². The van der Waals surface area contributed by atoms with Gasteiger partial charge >= 0.3 is 0 Å². The average molecular weight is 134 g/mol. The van der Waals surface area contributed by atoms with Crippen LogP contribution in [0.5, 0.6) is 0 Å². The smallest absolute Gasteiger partial charge is 0.237 e. The molecule has 1 aliphatic heterocycles. The first-order valence-corrected chi connectivity index (χ1v) is 3.03. The Morgan fingerprint density at radius 2 is 2.50 bits per heavy atom. The molecule has 1 fully saturated rings. The summed E-state index contributed by atoms with van der Waals surface area (Å²) in [4.78, 5) is 10.6. The van der Waals surface area contributed by atoms with Crippen molar-refractivity contribution in [2.75, 3.05) is 0 Å². The second-order valence-electron chi connectivity index (χ2n) is 2.09. The van der Waals surface area contributed by atoms with Crippen LogP contribution in [0.4, 0.5) is 0 Å². The quantitative estimate of drug-likeness (QED) is 0.454. The first-order chi connectivity index (χ1) is 3.72. The lowest BCUT2D eigenvalue weighted by molar-refractivity contribution is -0.124. The lowest BCUT2D eigenvalue weighted by Gasteiger charge is -2.08. The maximum Gasteiger partial charge on any atom is 0.237 e. The largest absolute Gasteiger partial charge is 0.274 e. The van der Waals surface area contributed by atoms with Crippen LogP contribution >= 0.6 is 11.8 Å². The summed E-state index contributed by atoms with van der Waals surface area (Å²) in [7, 11) is 0. The molecule has 2 nitrogen and oxygen atoms in total. The van der Waals surface area contributed by atoms with E-state index < -0.39 is 0 Å². The third kappa shape index (κ3) is 0.802. The molecule has 3 heteroatoms. The Morgan fingerprint density at radius 1 is 1.88 bits per heavy atom. The minimum atomic E-state index is 0.0548. The average Bonchev–Trinajstić information content (AvgIpc) is 1.98. The maximum absolute atomic E-state index is 10.6. The van der Waals surface area contributed by atoms with Gasteiger partial charge in [-0.25, -0.2) is 0 Å². The van der Waals surface area contributed by atoms with Crippen molar-refractivity contribution in [1.29, 1.82) is 0 Å². The van der Waals surface area contributed by atoms with E-state index in [0.29, 0.717) is 6.42 Å². The Balaban J connectivity index is 2.56. The van der Waals surface area contributed by atoms with E-state index in [1.807, 2.05) is 6.92 Å². The van der Waals surface area contributed by atoms with Crippen molar-refractivity contribution >= 4 is 17.7 Å². The molecule has 8 heavy (non-hydrogen) atoms. The summed E-state index contributed by atoms with van der Waals surface area (Å²) in [5.41, 5.74) is 0. The fourth-order valence-corrected chi connectivity index (χ4v) is 0.980. The molecular formula is C5H8ClNO. The lowest BCUT2D eigenvalue weighted by atomic mass is 10.3. The van der Waals surface area contributed by atoms with Gasteiger partial charge < -0.3 is 0 Å². The predicted octanol–water partition coefficient (Wildman–Crippen LogP) is 1.15. The fraction of sp³-hybridized carbons (Fsp3) is 0.800. The Kier molecular flexibility index (Phi) is 1.43. The van der Waals surface area contributed by atoms with Crippen LogP contribution in [-0.4, -0.2) is 16.4 Å². The van der Waals surface area contributed by atoms with Crippen LogP contribution in [0.2, 0.25) is 0 Å². The highest BCUT2D eigenvalue weighted by Gasteiger charge is 2.25. The molecule has 0 aliphatic carbocycles. The van der Waals surface area contributed by atoms with Gasteiger partial charge in [0.2, 0.25) is 5.91 Å². The van der Waals surface area contributed by atoms with E-state index in [1.165, 1.54) is 4.42 Å². The number of amides is 1. The van der Waals surface area contributed by atoms with Gasteiger partial charge in [-0.15, -0.1) is 0 Å². The molecule has 0 N–H and O–H groups in total. The zero-order chi connectivity index (χ0) is 6.15. The predicted molar refractivity (Wildman–Crippen MR) is 31.4 cm³/mol. The molecule has 46 valence electrons. The summed E-state index contributed by atoms with van der Waals surface area (Å²) < 4.78 is 1.28. The molecule has 0 aromatic carbocycles. The van der Waals surface area contributed by atoms with E-state index in [-0.39, 0.29) is 11.9 Å². The molecule has 0 aromatic rings. The molecule has 1 unspecified atom stereocenters. The second kappa shape index (κ2) is 1.94. The van der Waals surface area contributed by atoms with Crippen LogP contribution in [0, 0.1) is 0 Å². The summed E-state index contributed by atoms with van der Waals surface area (Å²) in [5, 5.41) is 0. The van der Waals surface area contributed by atoms with Crippen LogP contribution in [0.15, 0.2) is 0 Å². The molecule has 1 amide bonds. The highest BCUT2D eigenvalue weighted by atomic mass is 35.5. The molecule has 0 radical (unpaired) electrons. The number of carbonyl (C=O) groups excluding carboxylic acids is 1. The number of hydrogen-bond donors (Lipinski definition) is 0. The van der Waals surface area contributed by atoms with Gasteiger partial charge in [-0.05, 0) is 13.3 Å². The minimum absolute atomic E-state index is 0.0548. The standard InChI is InChI=1S/C5H8ClNO/c1-4-2-3-5(8)7(4)6/h4H,2-3H2,1H3. The summed E-state index contributed by atoms with van der Waals surface area (Å²) >= 11 is 5.50. The molecule has 0 bridgehead atoms. The van der Waals surface area contributed by atoms with Crippen LogP contribution in [0.25, 0.3) is 0 Å². The topological polar surface area (TPSA) is 20.3 Å². The van der Waals surface area contributed by atoms with Crippen LogP contribution in [-0.2, 0) is 4.79 Å². The Bertz CT molecular complexity index is 115. The molecular weight excluding hydrogens is 126 g/mol. The van der Waals surface area contributed by atoms with Gasteiger partial charge in [-0.2, -0.15) is 0 Å². The number of hydrogen-bond acceptors (Lipinski definition) is 1. The van der Waals surface area contributed by atoms with Crippen molar-refractivity contribution in [3.05, 3.63) is 0 Å². The first-order valence-electron chi connectivity index (χ1n) is 2.69. The second-order valence-corrected chi connectivity index (χ2v) is 2.46. The minimum Gasteiger partial charge on any atom is -0.274 e. The van der Waals surface area contributed by atoms with Gasteiger partial charge in [0.25, 0.3) is 0 Å². The molecule has 1 saturated heterocycles. The Hall–Kier alpha value is -0.240. The monoisotopic (exact) mass is 133 g/mol. The SMILES string of the molecule is CC1CCC(=O)N1Cl. The van der Waals surface area contributed by atoms with E-state index in [9.17, 15) is 4.79 Å². The normalized spacial score (nSPS) is 29.5. The van der Waals surface area contributed by atoms with Gasteiger partial charge in [0, 0.05) is 24.2 Å². The van der Waals surface area contributed by atoms with Gasteiger partial charge in [0.05, 0.1) is 0 Å². The van der Waals surface area contributed by atoms with E-state index in [0.717, 1.165) is 6.42 Å². The van der Waals surface area contributed by atoms with Crippen LogP contribution in [0.3, 0.4) is 0 Å². The van der Waals surface area contributed by atoms with E-state index in [2.05, 4.69) is 0 Å². The third-order valence-electron chi connectivity index (χ3n) is 1.40. The molecule has 1 aliphatic rings. The summed E-state index contributed by atoms with van der Waals surface area (Å²) in [5.74, 6) is 0.0548. The van der Waals surface area contributed by atoms with E-state index in [4.69, 9.17) is 11.8 Å². The highest BCUT2D eigenvalue weighted by molar-refractivity contribution is 6.22. The molecule has 0 aromatic heterocycles. The van der Waals surface area contributed by atoms with E-state index >= 15 is 0 Å². The number of carbonyl (C=O) groups is 1. The highest BCUT2D eigenvalue weighted by Crippen LogP contribution is 2.19. The summed E-state index contributed by atoms with van der Waals surface area (Å²) in [6.45, 7) is 1.94. The Labute approximate surface area is 53.5 Å². The van der Waals surface area contributed by atoms with Crippen molar-refractivity contribution in [2.45, 2.75) is 25.8 Å². The van der Waals surface area contributed by atoms with Crippen molar-refractivity contribution in [1.82, 2.24) is 4.42 Å². The van der Waals surface area contributed by atoms with Gasteiger partial charge in [-0.1, -0.05) is 0 Å². The van der Waals surface area contributed by atoms with Crippen LogP contribution < -0.4 is 0 Å².